The number of carbonyl (C=O) groups excluding carboxylic acids is 1. The van der Waals surface area contributed by atoms with Gasteiger partial charge in [-0.3, -0.25) is 0 Å². The molecule has 4 rings (SSSR count). The first-order valence-electron chi connectivity index (χ1n) is 8.32. The van der Waals surface area contributed by atoms with Gasteiger partial charge in [0.15, 0.2) is 29.8 Å². The molecule has 7 nitrogen and oxygen atoms in total. The lowest BCUT2D eigenvalue weighted by molar-refractivity contribution is 0.0294. The van der Waals surface area contributed by atoms with Crippen LogP contribution >= 0.6 is 0 Å². The number of aryl methyl sites for hydroxylation is 1. The number of fused-ring (bicyclic) bond motifs is 1. The number of aromatic nitrogens is 3. The van der Waals surface area contributed by atoms with Crippen molar-refractivity contribution in [2.45, 2.75) is 32.0 Å². The van der Waals surface area contributed by atoms with Crippen molar-refractivity contribution in [2.24, 2.45) is 7.05 Å². The van der Waals surface area contributed by atoms with Crippen LogP contribution in [0.5, 0.6) is 0 Å². The lowest BCUT2D eigenvalue weighted by atomic mass is 10.1. The van der Waals surface area contributed by atoms with Crippen LogP contribution in [0.15, 0.2) is 35.1 Å². The van der Waals surface area contributed by atoms with Crippen LogP contribution in [0.2, 0.25) is 0 Å². The standard InChI is InChI=1S/C18H19N3O4/c1-11(17-20-12-6-3-4-7-13(12)21(17)2)25-18(22)15-16(24-10-19-15)14-8-5-9-23-14/h3-4,6-7,10-11,14H,5,8-9H2,1-2H3/t11-,14-/m0/s1. The number of para-hydroxylation sites is 2. The zero-order valence-electron chi connectivity index (χ0n) is 14.1. The highest BCUT2D eigenvalue weighted by Gasteiger charge is 2.30. The maximum atomic E-state index is 12.6. The highest BCUT2D eigenvalue weighted by molar-refractivity contribution is 5.88. The van der Waals surface area contributed by atoms with Crippen LogP contribution in [0, 0.1) is 0 Å². The minimum Gasteiger partial charge on any atom is -0.450 e. The predicted molar refractivity (Wildman–Crippen MR) is 89.0 cm³/mol. The number of oxazole rings is 1. The zero-order valence-corrected chi connectivity index (χ0v) is 14.1. The molecule has 0 radical (unpaired) electrons. The maximum Gasteiger partial charge on any atom is 0.361 e. The normalized spacial score (nSPS) is 18.6. The van der Waals surface area contributed by atoms with Crippen LogP contribution < -0.4 is 0 Å². The lowest BCUT2D eigenvalue weighted by Crippen LogP contribution is -2.15. The van der Waals surface area contributed by atoms with E-state index in [1.54, 1.807) is 6.92 Å². The molecule has 0 N–H and O–H groups in total. The molecule has 2 atom stereocenters. The van der Waals surface area contributed by atoms with Crippen molar-refractivity contribution >= 4 is 17.0 Å². The Hall–Kier alpha value is -2.67. The molecular weight excluding hydrogens is 322 g/mol. The Morgan fingerprint density at radius 2 is 2.24 bits per heavy atom. The summed E-state index contributed by atoms with van der Waals surface area (Å²) in [5, 5.41) is 0. The predicted octanol–water partition coefficient (Wildman–Crippen LogP) is 3.33. The highest BCUT2D eigenvalue weighted by Crippen LogP contribution is 2.31. The van der Waals surface area contributed by atoms with E-state index < -0.39 is 12.1 Å². The Bertz CT molecular complexity index is 908. The second kappa shape index (κ2) is 6.33. The van der Waals surface area contributed by atoms with E-state index >= 15 is 0 Å². The Kier molecular flexibility index (Phi) is 4.01. The number of rotatable bonds is 4. The summed E-state index contributed by atoms with van der Waals surface area (Å²) in [5.41, 5.74) is 2.03. The SMILES string of the molecule is C[C@H](OC(=O)c1ncoc1[C@@H]1CCCO1)c1nc2ccccc2n1C. The van der Waals surface area contributed by atoms with Crippen molar-refractivity contribution < 1.29 is 18.7 Å². The van der Waals surface area contributed by atoms with Gasteiger partial charge in [0.2, 0.25) is 0 Å². The van der Waals surface area contributed by atoms with E-state index in [0.717, 1.165) is 23.9 Å². The summed E-state index contributed by atoms with van der Waals surface area (Å²) in [4.78, 5) is 21.1. The van der Waals surface area contributed by atoms with Gasteiger partial charge in [0, 0.05) is 13.7 Å². The first-order chi connectivity index (χ1) is 12.1. The Balaban J connectivity index is 1.56. The van der Waals surface area contributed by atoms with Gasteiger partial charge in [0.25, 0.3) is 0 Å². The number of hydrogen-bond donors (Lipinski definition) is 0. The zero-order chi connectivity index (χ0) is 17.4. The number of nitrogens with zero attached hydrogens (tertiary/aromatic N) is 3. The van der Waals surface area contributed by atoms with Crippen LogP contribution in [0.3, 0.4) is 0 Å². The van der Waals surface area contributed by atoms with Crippen molar-refractivity contribution in [1.29, 1.82) is 0 Å². The van der Waals surface area contributed by atoms with Gasteiger partial charge in [-0.2, -0.15) is 0 Å². The summed E-state index contributed by atoms with van der Waals surface area (Å²) < 4.78 is 18.5. The number of hydrogen-bond acceptors (Lipinski definition) is 6. The molecule has 1 aliphatic rings. The summed E-state index contributed by atoms with van der Waals surface area (Å²) in [6.07, 6.45) is 2.27. The van der Waals surface area contributed by atoms with E-state index in [-0.39, 0.29) is 11.8 Å². The summed E-state index contributed by atoms with van der Waals surface area (Å²) in [6.45, 7) is 2.46. The fourth-order valence-corrected chi connectivity index (χ4v) is 3.22. The second-order valence-electron chi connectivity index (χ2n) is 6.13. The van der Waals surface area contributed by atoms with Gasteiger partial charge in [-0.05, 0) is 31.9 Å². The molecule has 0 spiro atoms. The molecule has 7 heteroatoms. The minimum absolute atomic E-state index is 0.178. The smallest absolute Gasteiger partial charge is 0.361 e. The third kappa shape index (κ3) is 2.80. The molecule has 0 saturated carbocycles. The van der Waals surface area contributed by atoms with Crippen molar-refractivity contribution in [3.05, 3.63) is 47.9 Å². The topological polar surface area (TPSA) is 79.4 Å². The van der Waals surface area contributed by atoms with Gasteiger partial charge in [0.05, 0.1) is 11.0 Å². The third-order valence-electron chi connectivity index (χ3n) is 4.48. The van der Waals surface area contributed by atoms with Crippen molar-refractivity contribution in [1.82, 2.24) is 14.5 Å². The van der Waals surface area contributed by atoms with Crippen molar-refractivity contribution in [2.75, 3.05) is 6.61 Å². The number of benzene rings is 1. The van der Waals surface area contributed by atoms with Gasteiger partial charge in [0.1, 0.15) is 6.10 Å². The number of imidazole rings is 1. The number of carbonyl (C=O) groups is 1. The molecule has 0 unspecified atom stereocenters. The monoisotopic (exact) mass is 341 g/mol. The Morgan fingerprint density at radius 1 is 1.40 bits per heavy atom. The van der Waals surface area contributed by atoms with E-state index in [1.807, 2.05) is 35.9 Å². The summed E-state index contributed by atoms with van der Waals surface area (Å²) in [6, 6.07) is 7.79. The molecule has 3 heterocycles. The number of esters is 1. The summed E-state index contributed by atoms with van der Waals surface area (Å²) in [7, 11) is 1.91. The molecule has 1 aromatic carbocycles. The third-order valence-corrected chi connectivity index (χ3v) is 4.48. The summed E-state index contributed by atoms with van der Waals surface area (Å²) >= 11 is 0. The van der Waals surface area contributed by atoms with E-state index in [2.05, 4.69) is 9.97 Å². The van der Waals surface area contributed by atoms with Gasteiger partial charge >= 0.3 is 5.97 Å². The highest BCUT2D eigenvalue weighted by atomic mass is 16.5. The van der Waals surface area contributed by atoms with Crippen molar-refractivity contribution in [3.63, 3.8) is 0 Å². The molecule has 130 valence electrons. The molecular formula is C18H19N3O4. The molecule has 1 fully saturated rings. The molecule has 0 aliphatic carbocycles. The number of ether oxygens (including phenoxy) is 2. The quantitative estimate of drug-likeness (QED) is 0.677. The largest absolute Gasteiger partial charge is 0.450 e. The maximum absolute atomic E-state index is 12.6. The van der Waals surface area contributed by atoms with Crippen LogP contribution in [-0.4, -0.2) is 27.1 Å². The molecule has 3 aromatic rings. The van der Waals surface area contributed by atoms with E-state index in [0.29, 0.717) is 18.2 Å². The molecule has 25 heavy (non-hydrogen) atoms. The average Bonchev–Trinajstić information content (AvgIpc) is 3.34. The molecule has 2 aromatic heterocycles. The van der Waals surface area contributed by atoms with Gasteiger partial charge < -0.3 is 18.5 Å². The summed E-state index contributed by atoms with van der Waals surface area (Å²) in [5.74, 6) is 0.593. The van der Waals surface area contributed by atoms with Crippen LogP contribution in [0.1, 0.15) is 54.0 Å². The van der Waals surface area contributed by atoms with Gasteiger partial charge in [-0.15, -0.1) is 0 Å². The Labute approximate surface area is 144 Å². The van der Waals surface area contributed by atoms with E-state index in [9.17, 15) is 4.79 Å². The minimum atomic E-state index is -0.529. The van der Waals surface area contributed by atoms with E-state index in [4.69, 9.17) is 13.9 Å². The van der Waals surface area contributed by atoms with Crippen LogP contribution in [0.25, 0.3) is 11.0 Å². The molecule has 0 amide bonds. The van der Waals surface area contributed by atoms with Crippen LogP contribution in [-0.2, 0) is 16.5 Å². The molecule has 1 saturated heterocycles. The first kappa shape index (κ1) is 15.8. The fourth-order valence-electron chi connectivity index (χ4n) is 3.22. The van der Waals surface area contributed by atoms with Gasteiger partial charge in [-0.25, -0.2) is 14.8 Å². The fraction of sp³-hybridized carbons (Fsp3) is 0.389. The lowest BCUT2D eigenvalue weighted by Gasteiger charge is -2.13. The molecule has 1 aliphatic heterocycles. The first-order valence-corrected chi connectivity index (χ1v) is 8.32. The Morgan fingerprint density at radius 3 is 3.00 bits per heavy atom. The average molecular weight is 341 g/mol. The van der Waals surface area contributed by atoms with Crippen molar-refractivity contribution in [3.8, 4) is 0 Å². The van der Waals surface area contributed by atoms with E-state index in [1.165, 1.54) is 6.39 Å². The van der Waals surface area contributed by atoms with Crippen LogP contribution in [0.4, 0.5) is 0 Å². The second-order valence-corrected chi connectivity index (χ2v) is 6.13. The van der Waals surface area contributed by atoms with Gasteiger partial charge in [-0.1, -0.05) is 12.1 Å². The molecule has 0 bridgehead atoms.